The Morgan fingerprint density at radius 2 is 1.95 bits per heavy atom. The second kappa shape index (κ2) is 6.04. The minimum absolute atomic E-state index is 0.0947. The van der Waals surface area contributed by atoms with Crippen LogP contribution >= 0.6 is 34.5 Å². The predicted octanol–water partition coefficient (Wildman–Crippen LogP) is 4.50. The molecule has 0 atom stereocenters. The highest BCUT2D eigenvalue weighted by Crippen LogP contribution is 2.37. The lowest BCUT2D eigenvalue weighted by Crippen LogP contribution is -2.12. The van der Waals surface area contributed by atoms with Crippen LogP contribution in [-0.4, -0.2) is 16.1 Å². The van der Waals surface area contributed by atoms with E-state index in [9.17, 15) is 9.18 Å². The van der Waals surface area contributed by atoms with E-state index >= 15 is 0 Å². The van der Waals surface area contributed by atoms with Gasteiger partial charge in [0.25, 0.3) is 11.8 Å². The monoisotopic (exact) mass is 357 g/mol. The number of carbonyl (C=O) groups is 1. The summed E-state index contributed by atoms with van der Waals surface area (Å²) >= 11 is 13.0. The van der Waals surface area contributed by atoms with E-state index in [0.29, 0.717) is 14.2 Å². The van der Waals surface area contributed by atoms with Crippen LogP contribution in [0.2, 0.25) is 8.67 Å². The Labute approximate surface area is 137 Å². The minimum atomic E-state index is -0.496. The molecule has 5 nitrogen and oxygen atoms in total. The lowest BCUT2D eigenvalue weighted by Gasteiger charge is -1.99. The van der Waals surface area contributed by atoms with Crippen molar-refractivity contribution in [3.8, 4) is 11.5 Å². The number of hydrogen-bond acceptors (Lipinski definition) is 5. The molecule has 0 unspecified atom stereocenters. The molecule has 0 radical (unpaired) electrons. The molecule has 1 N–H and O–H groups in total. The number of aromatic nitrogens is 2. The van der Waals surface area contributed by atoms with Gasteiger partial charge in [-0.25, -0.2) is 4.39 Å². The van der Waals surface area contributed by atoms with Gasteiger partial charge in [0.2, 0.25) is 0 Å². The number of nitrogens with one attached hydrogen (secondary N) is 1. The number of anilines is 1. The van der Waals surface area contributed by atoms with Crippen molar-refractivity contribution in [2.75, 3.05) is 5.32 Å². The Hall–Kier alpha value is -1.96. The van der Waals surface area contributed by atoms with E-state index in [2.05, 4.69) is 15.5 Å². The van der Waals surface area contributed by atoms with E-state index in [0.717, 1.165) is 0 Å². The third kappa shape index (κ3) is 3.11. The molecule has 0 saturated carbocycles. The van der Waals surface area contributed by atoms with Crippen LogP contribution in [0.1, 0.15) is 10.4 Å². The van der Waals surface area contributed by atoms with Crippen LogP contribution in [0, 0.1) is 5.82 Å². The van der Waals surface area contributed by atoms with E-state index in [4.69, 9.17) is 27.6 Å². The zero-order valence-corrected chi connectivity index (χ0v) is 13.0. The maximum Gasteiger partial charge on any atom is 0.322 e. The summed E-state index contributed by atoms with van der Waals surface area (Å²) in [5.41, 5.74) is 0.754. The zero-order chi connectivity index (χ0) is 15.7. The van der Waals surface area contributed by atoms with Crippen molar-refractivity contribution >= 4 is 46.5 Å². The van der Waals surface area contributed by atoms with Crippen LogP contribution in [0.15, 0.2) is 34.7 Å². The van der Waals surface area contributed by atoms with Crippen molar-refractivity contribution in [3.63, 3.8) is 0 Å². The summed E-state index contributed by atoms with van der Waals surface area (Å²) in [6, 6.07) is 6.55. The molecule has 22 heavy (non-hydrogen) atoms. The lowest BCUT2D eigenvalue weighted by atomic mass is 10.2. The summed E-state index contributed by atoms with van der Waals surface area (Å²) in [7, 11) is 0. The maximum atomic E-state index is 12.8. The fourth-order valence-electron chi connectivity index (χ4n) is 1.64. The Kier molecular flexibility index (Phi) is 4.10. The van der Waals surface area contributed by atoms with Gasteiger partial charge in [0.05, 0.1) is 9.90 Å². The summed E-state index contributed by atoms with van der Waals surface area (Å²) < 4.78 is 19.0. The summed E-state index contributed by atoms with van der Waals surface area (Å²) in [5, 5.41) is 9.92. The average molecular weight is 358 g/mol. The van der Waals surface area contributed by atoms with E-state index in [1.165, 1.54) is 35.6 Å². The van der Waals surface area contributed by atoms with Crippen molar-refractivity contribution in [2.45, 2.75) is 0 Å². The largest absolute Gasteiger partial charge is 0.403 e. The number of halogens is 3. The highest BCUT2D eigenvalue weighted by molar-refractivity contribution is 7.20. The minimum Gasteiger partial charge on any atom is -0.403 e. The van der Waals surface area contributed by atoms with Crippen molar-refractivity contribution in [2.24, 2.45) is 0 Å². The van der Waals surface area contributed by atoms with E-state index in [1.54, 1.807) is 6.07 Å². The van der Waals surface area contributed by atoms with Gasteiger partial charge in [-0.15, -0.1) is 16.4 Å². The van der Waals surface area contributed by atoms with Crippen molar-refractivity contribution in [1.29, 1.82) is 0 Å². The quantitative estimate of drug-likeness (QED) is 0.749. The second-order valence-corrected chi connectivity index (χ2v) is 6.40. The first-order chi connectivity index (χ1) is 10.5. The highest BCUT2D eigenvalue weighted by Gasteiger charge is 2.17. The molecule has 0 aliphatic rings. The molecule has 0 saturated heterocycles. The molecule has 9 heteroatoms. The Morgan fingerprint density at radius 3 is 2.59 bits per heavy atom. The predicted molar refractivity (Wildman–Crippen MR) is 82.0 cm³/mol. The third-order valence-electron chi connectivity index (χ3n) is 2.64. The summed E-state index contributed by atoms with van der Waals surface area (Å²) in [6.45, 7) is 0. The van der Waals surface area contributed by atoms with Gasteiger partial charge in [-0.3, -0.25) is 10.1 Å². The molecule has 0 aliphatic heterocycles. The third-order valence-corrected chi connectivity index (χ3v) is 4.13. The first-order valence-corrected chi connectivity index (χ1v) is 7.46. The number of amides is 1. The smallest absolute Gasteiger partial charge is 0.322 e. The second-order valence-electron chi connectivity index (χ2n) is 4.11. The molecule has 112 valence electrons. The molecule has 0 bridgehead atoms. The molecule has 2 heterocycles. The lowest BCUT2D eigenvalue weighted by molar-refractivity contribution is 0.102. The molecule has 2 aromatic heterocycles. The molecule has 1 amide bonds. The average Bonchev–Trinajstić information content (AvgIpc) is 3.06. The number of carbonyl (C=O) groups excluding carboxylic acids is 1. The van der Waals surface area contributed by atoms with Gasteiger partial charge < -0.3 is 4.42 Å². The molecule has 0 fully saturated rings. The van der Waals surface area contributed by atoms with Gasteiger partial charge in [-0.1, -0.05) is 28.3 Å². The molecular formula is C13H6Cl2FN3O2S. The van der Waals surface area contributed by atoms with Crippen LogP contribution < -0.4 is 5.32 Å². The van der Waals surface area contributed by atoms with E-state index < -0.39 is 11.7 Å². The first kappa shape index (κ1) is 15.0. The van der Waals surface area contributed by atoms with E-state index in [-0.39, 0.29) is 17.5 Å². The molecule has 0 aliphatic carbocycles. The topological polar surface area (TPSA) is 68.0 Å². The Balaban J connectivity index is 1.78. The van der Waals surface area contributed by atoms with E-state index in [1.807, 2.05) is 0 Å². The van der Waals surface area contributed by atoms with Gasteiger partial charge in [0, 0.05) is 5.56 Å². The molecule has 1 aromatic carbocycles. The number of thiophene rings is 1. The number of rotatable bonds is 3. The van der Waals surface area contributed by atoms with Gasteiger partial charge in [0.15, 0.2) is 0 Å². The summed E-state index contributed by atoms with van der Waals surface area (Å²) in [6.07, 6.45) is 0. The molecular weight excluding hydrogens is 352 g/mol. The van der Waals surface area contributed by atoms with Crippen LogP contribution in [0.3, 0.4) is 0 Å². The molecule has 3 rings (SSSR count). The Morgan fingerprint density at radius 1 is 1.23 bits per heavy atom. The van der Waals surface area contributed by atoms with Crippen molar-refractivity contribution in [3.05, 3.63) is 50.4 Å². The van der Waals surface area contributed by atoms with Gasteiger partial charge in [-0.05, 0) is 30.3 Å². The number of hydrogen-bond donors (Lipinski definition) is 1. The maximum absolute atomic E-state index is 12.8. The van der Waals surface area contributed by atoms with Crippen LogP contribution in [0.5, 0.6) is 0 Å². The SMILES string of the molecule is O=C(Nc1nnc(-c2cc(Cl)sc2Cl)o1)c1ccc(F)cc1. The highest BCUT2D eigenvalue weighted by atomic mass is 35.5. The Bertz CT molecular complexity index is 832. The fourth-order valence-corrected chi connectivity index (χ4v) is 3.09. The standard InChI is InChI=1S/C13H6Cl2FN3O2S/c14-9-5-8(10(15)22-9)12-18-19-13(21-12)17-11(20)6-1-3-7(16)4-2-6/h1-5H,(H,17,19,20). The summed E-state index contributed by atoms with van der Waals surface area (Å²) in [5.74, 6) is -0.784. The van der Waals surface area contributed by atoms with Crippen LogP contribution in [-0.2, 0) is 0 Å². The van der Waals surface area contributed by atoms with Gasteiger partial charge in [-0.2, -0.15) is 0 Å². The van der Waals surface area contributed by atoms with Crippen molar-refractivity contribution in [1.82, 2.24) is 10.2 Å². The van der Waals surface area contributed by atoms with Crippen LogP contribution in [0.4, 0.5) is 10.4 Å². The molecule has 3 aromatic rings. The van der Waals surface area contributed by atoms with Gasteiger partial charge >= 0.3 is 6.01 Å². The first-order valence-electron chi connectivity index (χ1n) is 5.88. The van der Waals surface area contributed by atoms with Crippen molar-refractivity contribution < 1.29 is 13.6 Å². The van der Waals surface area contributed by atoms with Crippen LogP contribution in [0.25, 0.3) is 11.5 Å². The number of nitrogens with zero attached hydrogens (tertiary/aromatic N) is 2. The normalized spacial score (nSPS) is 10.7. The fraction of sp³-hybridized carbons (Fsp3) is 0. The zero-order valence-electron chi connectivity index (χ0n) is 10.6. The van der Waals surface area contributed by atoms with Gasteiger partial charge in [0.1, 0.15) is 10.2 Å². The summed E-state index contributed by atoms with van der Waals surface area (Å²) in [4.78, 5) is 11.9. The molecule has 0 spiro atoms. The number of benzene rings is 1.